The third-order valence-electron chi connectivity index (χ3n) is 3.50. The highest BCUT2D eigenvalue weighted by Crippen LogP contribution is 2.17. The molecule has 2 heterocycles. The minimum Gasteiger partial charge on any atom is -0.342 e. The Labute approximate surface area is 113 Å². The highest BCUT2D eigenvalue weighted by atomic mass is 32.2. The van der Waals surface area contributed by atoms with E-state index in [2.05, 4.69) is 4.98 Å². The highest BCUT2D eigenvalue weighted by Gasteiger charge is 2.32. The molecule has 104 valence electrons. The molecule has 0 spiro atoms. The number of amides is 1. The summed E-state index contributed by atoms with van der Waals surface area (Å²) in [5, 5.41) is 0. The van der Waals surface area contributed by atoms with Gasteiger partial charge in [-0.3, -0.25) is 9.78 Å². The molecule has 1 aliphatic heterocycles. The number of rotatable bonds is 4. The van der Waals surface area contributed by atoms with Gasteiger partial charge in [0.25, 0.3) is 0 Å². The number of aryl methyl sites for hydroxylation is 1. The molecule has 5 nitrogen and oxygen atoms in total. The molecule has 0 radical (unpaired) electrons. The Hall–Kier alpha value is -1.43. The highest BCUT2D eigenvalue weighted by molar-refractivity contribution is 7.91. The first-order valence-corrected chi connectivity index (χ1v) is 8.15. The SMILES string of the molecule is CN(C(=O)CCc1cccnc1)C1CCS(=O)(=O)C1. The fourth-order valence-corrected chi connectivity index (χ4v) is 4.03. The van der Waals surface area contributed by atoms with E-state index in [4.69, 9.17) is 0 Å². The summed E-state index contributed by atoms with van der Waals surface area (Å²) in [6, 6.07) is 3.61. The van der Waals surface area contributed by atoms with Crippen LogP contribution in [-0.2, 0) is 21.1 Å². The lowest BCUT2D eigenvalue weighted by Crippen LogP contribution is -2.37. The molecule has 6 heteroatoms. The molecule has 1 aliphatic rings. The number of carbonyl (C=O) groups excluding carboxylic acids is 1. The molecule has 1 atom stereocenters. The Morgan fingerprint density at radius 3 is 2.89 bits per heavy atom. The van der Waals surface area contributed by atoms with Gasteiger partial charge in [0.15, 0.2) is 9.84 Å². The van der Waals surface area contributed by atoms with Gasteiger partial charge in [0, 0.05) is 31.9 Å². The maximum absolute atomic E-state index is 12.0. The van der Waals surface area contributed by atoms with Gasteiger partial charge in [-0.1, -0.05) is 6.07 Å². The number of hydrogen-bond acceptors (Lipinski definition) is 4. The van der Waals surface area contributed by atoms with Crippen molar-refractivity contribution in [2.24, 2.45) is 0 Å². The van der Waals surface area contributed by atoms with Crippen molar-refractivity contribution in [3.63, 3.8) is 0 Å². The Morgan fingerprint density at radius 1 is 1.53 bits per heavy atom. The quantitative estimate of drug-likeness (QED) is 0.813. The maximum Gasteiger partial charge on any atom is 0.222 e. The van der Waals surface area contributed by atoms with Gasteiger partial charge < -0.3 is 4.90 Å². The van der Waals surface area contributed by atoms with E-state index in [0.29, 0.717) is 19.3 Å². The van der Waals surface area contributed by atoms with Crippen molar-refractivity contribution in [2.75, 3.05) is 18.6 Å². The molecule has 2 rings (SSSR count). The van der Waals surface area contributed by atoms with E-state index in [1.165, 1.54) is 0 Å². The summed E-state index contributed by atoms with van der Waals surface area (Å²) < 4.78 is 22.8. The number of sulfone groups is 1. The van der Waals surface area contributed by atoms with E-state index < -0.39 is 9.84 Å². The van der Waals surface area contributed by atoms with Crippen molar-refractivity contribution in [2.45, 2.75) is 25.3 Å². The standard InChI is InChI=1S/C13H18N2O3S/c1-15(12-6-8-19(17,18)10-12)13(16)5-4-11-3-2-7-14-9-11/h2-3,7,9,12H,4-6,8,10H2,1H3. The number of pyridine rings is 1. The zero-order chi connectivity index (χ0) is 13.9. The summed E-state index contributed by atoms with van der Waals surface area (Å²) in [6.45, 7) is 0. The molecule has 19 heavy (non-hydrogen) atoms. The number of hydrogen-bond donors (Lipinski definition) is 0. The van der Waals surface area contributed by atoms with Gasteiger partial charge in [-0.25, -0.2) is 8.42 Å². The van der Waals surface area contributed by atoms with Gasteiger partial charge in [0.2, 0.25) is 5.91 Å². The first-order valence-electron chi connectivity index (χ1n) is 6.33. The lowest BCUT2D eigenvalue weighted by molar-refractivity contribution is -0.131. The van der Waals surface area contributed by atoms with Crippen LogP contribution in [0.15, 0.2) is 24.5 Å². The molecule has 0 aromatic carbocycles. The van der Waals surface area contributed by atoms with Crippen LogP contribution in [-0.4, -0.2) is 48.8 Å². The number of carbonyl (C=O) groups is 1. The van der Waals surface area contributed by atoms with Gasteiger partial charge in [-0.15, -0.1) is 0 Å². The van der Waals surface area contributed by atoms with Crippen LogP contribution < -0.4 is 0 Å². The Morgan fingerprint density at radius 2 is 2.32 bits per heavy atom. The average Bonchev–Trinajstić information content (AvgIpc) is 2.76. The van der Waals surface area contributed by atoms with Crippen molar-refractivity contribution < 1.29 is 13.2 Å². The molecule has 1 amide bonds. The Balaban J connectivity index is 1.87. The molecule has 1 fully saturated rings. The minimum atomic E-state index is -2.94. The first kappa shape index (κ1) is 14.0. The van der Waals surface area contributed by atoms with Crippen molar-refractivity contribution in [3.8, 4) is 0 Å². The lowest BCUT2D eigenvalue weighted by atomic mass is 10.1. The second kappa shape index (κ2) is 5.69. The van der Waals surface area contributed by atoms with Crippen LogP contribution in [0.3, 0.4) is 0 Å². The van der Waals surface area contributed by atoms with Gasteiger partial charge in [0.05, 0.1) is 11.5 Å². The summed E-state index contributed by atoms with van der Waals surface area (Å²) in [4.78, 5) is 17.6. The summed E-state index contributed by atoms with van der Waals surface area (Å²) in [5.74, 6) is 0.283. The summed E-state index contributed by atoms with van der Waals surface area (Å²) in [7, 11) is -1.25. The van der Waals surface area contributed by atoms with Crippen LogP contribution in [0.2, 0.25) is 0 Å². The molecule has 1 aromatic rings. The second-order valence-electron chi connectivity index (χ2n) is 4.92. The second-order valence-corrected chi connectivity index (χ2v) is 7.15. The molecular weight excluding hydrogens is 264 g/mol. The average molecular weight is 282 g/mol. The summed E-state index contributed by atoms with van der Waals surface area (Å²) >= 11 is 0. The maximum atomic E-state index is 12.0. The predicted molar refractivity (Wildman–Crippen MR) is 72.4 cm³/mol. The van der Waals surface area contributed by atoms with Crippen molar-refractivity contribution in [3.05, 3.63) is 30.1 Å². The van der Waals surface area contributed by atoms with Gasteiger partial charge in [0.1, 0.15) is 0 Å². The van der Waals surface area contributed by atoms with E-state index in [-0.39, 0.29) is 23.5 Å². The summed E-state index contributed by atoms with van der Waals surface area (Å²) in [5.41, 5.74) is 1.02. The monoisotopic (exact) mass is 282 g/mol. The topological polar surface area (TPSA) is 67.3 Å². The molecule has 0 aliphatic carbocycles. The van der Waals surface area contributed by atoms with Gasteiger partial charge in [-0.2, -0.15) is 0 Å². The molecule has 1 unspecified atom stereocenters. The summed E-state index contributed by atoms with van der Waals surface area (Å²) in [6.07, 6.45) is 5.01. The molecule has 0 saturated carbocycles. The zero-order valence-corrected chi connectivity index (χ0v) is 11.8. The van der Waals surface area contributed by atoms with Crippen LogP contribution in [0.4, 0.5) is 0 Å². The van der Waals surface area contributed by atoms with E-state index >= 15 is 0 Å². The van der Waals surface area contributed by atoms with Crippen LogP contribution in [0, 0.1) is 0 Å². The normalized spacial score (nSPS) is 21.2. The smallest absolute Gasteiger partial charge is 0.222 e. The molecule has 0 N–H and O–H groups in total. The lowest BCUT2D eigenvalue weighted by Gasteiger charge is -2.23. The molecule has 1 saturated heterocycles. The third kappa shape index (κ3) is 3.76. The third-order valence-corrected chi connectivity index (χ3v) is 5.25. The van der Waals surface area contributed by atoms with Crippen LogP contribution in [0.5, 0.6) is 0 Å². The Kier molecular flexibility index (Phi) is 4.19. The largest absolute Gasteiger partial charge is 0.342 e. The van der Waals surface area contributed by atoms with Crippen molar-refractivity contribution >= 4 is 15.7 Å². The molecule has 1 aromatic heterocycles. The van der Waals surface area contributed by atoms with E-state index in [0.717, 1.165) is 5.56 Å². The van der Waals surface area contributed by atoms with E-state index in [1.807, 2.05) is 12.1 Å². The minimum absolute atomic E-state index is 0.00838. The van der Waals surface area contributed by atoms with E-state index in [9.17, 15) is 13.2 Å². The first-order chi connectivity index (χ1) is 8.98. The van der Waals surface area contributed by atoms with Crippen LogP contribution >= 0.6 is 0 Å². The predicted octanol–water partition coefficient (Wildman–Crippen LogP) is 0.660. The zero-order valence-electron chi connectivity index (χ0n) is 10.9. The Bertz CT molecular complexity index is 542. The van der Waals surface area contributed by atoms with Crippen molar-refractivity contribution in [1.82, 2.24) is 9.88 Å². The van der Waals surface area contributed by atoms with Crippen molar-refractivity contribution in [1.29, 1.82) is 0 Å². The van der Waals surface area contributed by atoms with Crippen LogP contribution in [0.1, 0.15) is 18.4 Å². The van der Waals surface area contributed by atoms with Crippen LogP contribution in [0.25, 0.3) is 0 Å². The fraction of sp³-hybridized carbons (Fsp3) is 0.538. The molecule has 0 bridgehead atoms. The molecular formula is C13H18N2O3S. The number of aromatic nitrogens is 1. The van der Waals surface area contributed by atoms with E-state index in [1.54, 1.807) is 24.3 Å². The van der Waals surface area contributed by atoms with Gasteiger partial charge >= 0.3 is 0 Å². The number of nitrogens with zero attached hydrogens (tertiary/aromatic N) is 2. The van der Waals surface area contributed by atoms with Gasteiger partial charge in [-0.05, 0) is 24.5 Å². The fourth-order valence-electron chi connectivity index (χ4n) is 2.26.